The van der Waals surface area contributed by atoms with E-state index in [-0.39, 0.29) is 0 Å². The third-order valence-electron chi connectivity index (χ3n) is 1.52. The van der Waals surface area contributed by atoms with Gasteiger partial charge >= 0.3 is 0 Å². The second-order valence-corrected chi connectivity index (χ2v) is 4.96. The van der Waals surface area contributed by atoms with Gasteiger partial charge in [0.1, 0.15) is 10.7 Å². The van der Waals surface area contributed by atoms with E-state index in [0.29, 0.717) is 10.0 Å². The number of primary sulfonamides is 1. The van der Waals surface area contributed by atoms with Gasteiger partial charge in [0.15, 0.2) is 0 Å². The Balaban J connectivity index is 3.50. The molecule has 0 bridgehead atoms. The summed E-state index contributed by atoms with van der Waals surface area (Å²) in [5.41, 5.74) is 0.616. The molecule has 6 heteroatoms. The normalized spacial score (nSPS) is 11.7. The van der Waals surface area contributed by atoms with Gasteiger partial charge in [0.05, 0.1) is 0 Å². The zero-order chi connectivity index (χ0) is 10.2. The fraction of sp³-hybridized carbons (Fsp3) is 0.143. The van der Waals surface area contributed by atoms with Crippen molar-refractivity contribution in [1.82, 2.24) is 0 Å². The van der Waals surface area contributed by atoms with Crippen molar-refractivity contribution >= 4 is 26.0 Å². The molecule has 1 aromatic carbocycles. The van der Waals surface area contributed by atoms with Crippen LogP contribution in [0.5, 0.6) is 0 Å². The van der Waals surface area contributed by atoms with E-state index in [1.54, 1.807) is 6.92 Å². The van der Waals surface area contributed by atoms with Gasteiger partial charge in [-0.1, -0.05) is 15.9 Å². The van der Waals surface area contributed by atoms with Gasteiger partial charge < -0.3 is 0 Å². The van der Waals surface area contributed by atoms with E-state index in [1.807, 2.05) is 0 Å². The largest absolute Gasteiger partial charge is 0.240 e. The van der Waals surface area contributed by atoms with Gasteiger partial charge in [-0.05, 0) is 24.6 Å². The van der Waals surface area contributed by atoms with Gasteiger partial charge in [0.25, 0.3) is 0 Å². The Morgan fingerprint density at radius 1 is 1.46 bits per heavy atom. The van der Waals surface area contributed by atoms with Crippen LogP contribution in [0.2, 0.25) is 0 Å². The van der Waals surface area contributed by atoms with Crippen molar-refractivity contribution in [2.24, 2.45) is 5.14 Å². The van der Waals surface area contributed by atoms with Crippen LogP contribution in [0, 0.1) is 12.7 Å². The molecule has 0 atom stereocenters. The highest BCUT2D eigenvalue weighted by Crippen LogP contribution is 2.22. The Morgan fingerprint density at radius 2 is 2.00 bits per heavy atom. The standard InChI is InChI=1S/C7H7BrFNO2S/c1-4-2-7(13(10,11)12)6(9)3-5(4)8/h2-3H,1H3,(H2,10,11,12). The molecule has 0 aliphatic carbocycles. The number of nitrogens with two attached hydrogens (primary N) is 1. The van der Waals surface area contributed by atoms with E-state index in [0.717, 1.165) is 6.07 Å². The van der Waals surface area contributed by atoms with Gasteiger partial charge in [-0.25, -0.2) is 17.9 Å². The van der Waals surface area contributed by atoms with Crippen LogP contribution in [0.15, 0.2) is 21.5 Å². The first-order valence-corrected chi connectivity index (χ1v) is 5.65. The Morgan fingerprint density at radius 3 is 2.46 bits per heavy atom. The summed E-state index contributed by atoms with van der Waals surface area (Å²) in [7, 11) is -3.97. The molecule has 0 aliphatic heterocycles. The quantitative estimate of drug-likeness (QED) is 0.839. The molecule has 72 valence electrons. The highest BCUT2D eigenvalue weighted by atomic mass is 79.9. The van der Waals surface area contributed by atoms with Crippen molar-refractivity contribution in [2.75, 3.05) is 0 Å². The molecule has 0 spiro atoms. The molecule has 13 heavy (non-hydrogen) atoms. The van der Waals surface area contributed by atoms with Crippen LogP contribution < -0.4 is 5.14 Å². The highest BCUT2D eigenvalue weighted by Gasteiger charge is 2.15. The van der Waals surface area contributed by atoms with Crippen LogP contribution in [0.1, 0.15) is 5.56 Å². The van der Waals surface area contributed by atoms with Crippen LogP contribution in [-0.4, -0.2) is 8.42 Å². The zero-order valence-electron chi connectivity index (χ0n) is 6.71. The summed E-state index contributed by atoms with van der Waals surface area (Å²) in [6.07, 6.45) is 0. The molecule has 0 saturated carbocycles. The van der Waals surface area contributed by atoms with Crippen molar-refractivity contribution < 1.29 is 12.8 Å². The molecular formula is C7H7BrFNO2S. The SMILES string of the molecule is Cc1cc(S(N)(=O)=O)c(F)cc1Br. The van der Waals surface area contributed by atoms with E-state index >= 15 is 0 Å². The lowest BCUT2D eigenvalue weighted by molar-refractivity contribution is 0.567. The molecule has 0 saturated heterocycles. The summed E-state index contributed by atoms with van der Waals surface area (Å²) in [6.45, 7) is 1.65. The molecule has 1 aromatic rings. The summed E-state index contributed by atoms with van der Waals surface area (Å²) in [5.74, 6) is -0.847. The number of sulfonamides is 1. The molecular weight excluding hydrogens is 261 g/mol. The monoisotopic (exact) mass is 267 g/mol. The molecule has 0 amide bonds. The summed E-state index contributed by atoms with van der Waals surface area (Å²) in [4.78, 5) is -0.479. The lowest BCUT2D eigenvalue weighted by Gasteiger charge is -2.03. The van der Waals surface area contributed by atoms with Crippen molar-refractivity contribution in [2.45, 2.75) is 11.8 Å². The number of halogens is 2. The maximum Gasteiger partial charge on any atom is 0.240 e. The van der Waals surface area contributed by atoms with Crippen molar-refractivity contribution in [3.8, 4) is 0 Å². The molecule has 2 N–H and O–H groups in total. The Kier molecular flexibility index (Phi) is 2.74. The number of aryl methyl sites for hydroxylation is 1. The molecule has 0 unspecified atom stereocenters. The fourth-order valence-corrected chi connectivity index (χ4v) is 1.84. The van der Waals surface area contributed by atoms with Crippen LogP contribution in [0.25, 0.3) is 0 Å². The Hall–Kier alpha value is -0.460. The predicted molar refractivity (Wildman–Crippen MR) is 50.2 cm³/mol. The van der Waals surface area contributed by atoms with Gasteiger partial charge in [0, 0.05) is 4.47 Å². The van der Waals surface area contributed by atoms with Crippen LogP contribution in [-0.2, 0) is 10.0 Å². The van der Waals surface area contributed by atoms with Gasteiger partial charge in [-0.2, -0.15) is 0 Å². The minimum Gasteiger partial charge on any atom is -0.225 e. The van der Waals surface area contributed by atoms with Gasteiger partial charge in [-0.15, -0.1) is 0 Å². The summed E-state index contributed by atoms with van der Waals surface area (Å²) in [6, 6.07) is 2.27. The highest BCUT2D eigenvalue weighted by molar-refractivity contribution is 9.10. The smallest absolute Gasteiger partial charge is 0.225 e. The maximum atomic E-state index is 13.0. The second kappa shape index (κ2) is 3.36. The van der Waals surface area contributed by atoms with Crippen LogP contribution in [0.3, 0.4) is 0 Å². The minimum atomic E-state index is -3.97. The molecule has 0 fully saturated rings. The number of benzene rings is 1. The number of rotatable bonds is 1. The zero-order valence-corrected chi connectivity index (χ0v) is 9.12. The summed E-state index contributed by atoms with van der Waals surface area (Å²) < 4.78 is 35.2. The minimum absolute atomic E-state index is 0.479. The first-order chi connectivity index (χ1) is 5.82. The molecule has 0 radical (unpaired) electrons. The average Bonchev–Trinajstić information content (AvgIpc) is 1.94. The van der Waals surface area contributed by atoms with Crippen LogP contribution in [0.4, 0.5) is 4.39 Å². The first kappa shape index (κ1) is 10.6. The van der Waals surface area contributed by atoms with E-state index in [1.165, 1.54) is 6.07 Å². The molecule has 0 heterocycles. The maximum absolute atomic E-state index is 13.0. The molecule has 3 nitrogen and oxygen atoms in total. The number of hydrogen-bond acceptors (Lipinski definition) is 2. The predicted octanol–water partition coefficient (Wildman–Crippen LogP) is 1.54. The van der Waals surface area contributed by atoms with Gasteiger partial charge in [-0.3, -0.25) is 0 Å². The Labute approximate surface area is 83.9 Å². The average molecular weight is 268 g/mol. The van der Waals surface area contributed by atoms with Crippen molar-refractivity contribution in [3.05, 3.63) is 28.0 Å². The van der Waals surface area contributed by atoms with E-state index in [2.05, 4.69) is 15.9 Å². The van der Waals surface area contributed by atoms with Crippen molar-refractivity contribution in [3.63, 3.8) is 0 Å². The van der Waals surface area contributed by atoms with Gasteiger partial charge in [0.2, 0.25) is 10.0 Å². The third kappa shape index (κ3) is 2.26. The molecule has 1 rings (SSSR count). The lowest BCUT2D eigenvalue weighted by Crippen LogP contribution is -2.14. The third-order valence-corrected chi connectivity index (χ3v) is 3.30. The van der Waals surface area contributed by atoms with E-state index < -0.39 is 20.7 Å². The molecule has 0 aromatic heterocycles. The van der Waals surface area contributed by atoms with Crippen LogP contribution >= 0.6 is 15.9 Å². The Bertz CT molecular complexity index is 444. The van der Waals surface area contributed by atoms with E-state index in [4.69, 9.17) is 5.14 Å². The topological polar surface area (TPSA) is 60.2 Å². The number of hydrogen-bond donors (Lipinski definition) is 1. The first-order valence-electron chi connectivity index (χ1n) is 3.31. The summed E-state index contributed by atoms with van der Waals surface area (Å²) in [5, 5.41) is 4.79. The molecule has 0 aliphatic rings. The summed E-state index contributed by atoms with van der Waals surface area (Å²) >= 11 is 3.07. The van der Waals surface area contributed by atoms with Crippen molar-refractivity contribution in [1.29, 1.82) is 0 Å². The second-order valence-electron chi connectivity index (χ2n) is 2.58. The fourth-order valence-electron chi connectivity index (χ4n) is 0.849. The van der Waals surface area contributed by atoms with E-state index in [9.17, 15) is 12.8 Å². The lowest BCUT2D eigenvalue weighted by atomic mass is 10.2.